The Balaban J connectivity index is 2.57. The molecule has 0 heterocycles. The number of nitro benzene ring substituents is 1. The smallest absolute Gasteiger partial charge is 0.258 e. The van der Waals surface area contributed by atoms with Crippen molar-refractivity contribution in [2.45, 2.75) is 0 Å². The molecule has 0 aliphatic heterocycles. The maximum atomic E-state index is 10.8. The first-order valence-electron chi connectivity index (χ1n) is 4.78. The van der Waals surface area contributed by atoms with Crippen LogP contribution in [0.2, 0.25) is 0 Å². The molecule has 0 saturated carbocycles. The zero-order valence-electron chi connectivity index (χ0n) is 8.56. The zero-order valence-corrected chi connectivity index (χ0v) is 11.7. The molecular weight excluding hydrogens is 350 g/mol. The molecule has 0 N–H and O–H groups in total. The number of halogens is 2. The number of hydrogen-bond donors (Lipinski definition) is 0. The molecule has 2 aromatic carbocycles. The van der Waals surface area contributed by atoms with Crippen molar-refractivity contribution in [1.82, 2.24) is 0 Å². The van der Waals surface area contributed by atoms with Gasteiger partial charge in [-0.25, -0.2) is 0 Å². The van der Waals surface area contributed by atoms with Gasteiger partial charge in [-0.3, -0.25) is 10.1 Å². The van der Waals surface area contributed by atoms with Crippen molar-refractivity contribution in [1.29, 1.82) is 0 Å². The fourth-order valence-electron chi connectivity index (χ4n) is 1.54. The minimum absolute atomic E-state index is 0.0460. The second-order valence-electron chi connectivity index (χ2n) is 3.41. The van der Waals surface area contributed by atoms with E-state index < -0.39 is 4.92 Å². The molecule has 17 heavy (non-hydrogen) atoms. The second-order valence-corrected chi connectivity index (χ2v) is 5.12. The van der Waals surface area contributed by atoms with Crippen LogP contribution in [0, 0.1) is 10.1 Å². The predicted octanol–water partition coefficient (Wildman–Crippen LogP) is 4.79. The van der Waals surface area contributed by atoms with Gasteiger partial charge in [-0.15, -0.1) is 0 Å². The molecule has 0 atom stereocenters. The lowest BCUT2D eigenvalue weighted by Gasteiger charge is -2.04. The Hall–Kier alpha value is -1.20. The van der Waals surface area contributed by atoms with Crippen molar-refractivity contribution < 1.29 is 4.92 Å². The Labute approximate surface area is 115 Å². The summed E-state index contributed by atoms with van der Waals surface area (Å²) in [6, 6.07) is 13.2. The van der Waals surface area contributed by atoms with Crippen LogP contribution in [0.15, 0.2) is 51.4 Å². The van der Waals surface area contributed by atoms with Gasteiger partial charge in [0.1, 0.15) is 0 Å². The van der Waals surface area contributed by atoms with Crippen molar-refractivity contribution in [2.75, 3.05) is 0 Å². The van der Waals surface area contributed by atoms with Crippen molar-refractivity contribution in [3.05, 3.63) is 61.5 Å². The van der Waals surface area contributed by atoms with Gasteiger partial charge in [0.05, 0.1) is 13.9 Å². The third-order valence-corrected chi connectivity index (χ3v) is 3.52. The summed E-state index contributed by atoms with van der Waals surface area (Å²) in [5.74, 6) is 0. The fraction of sp³-hybridized carbons (Fsp3) is 0. The normalized spacial score (nSPS) is 10.2. The molecule has 0 saturated heterocycles. The summed E-state index contributed by atoms with van der Waals surface area (Å²) < 4.78 is 0.937. The van der Waals surface area contributed by atoms with Gasteiger partial charge in [0.25, 0.3) is 5.69 Å². The first-order valence-corrected chi connectivity index (χ1v) is 6.37. The van der Waals surface area contributed by atoms with E-state index >= 15 is 0 Å². The molecule has 5 heteroatoms. The largest absolute Gasteiger partial charge is 0.297 e. The molecule has 0 amide bonds. The lowest BCUT2D eigenvalue weighted by Crippen LogP contribution is -1.91. The second kappa shape index (κ2) is 4.98. The molecule has 0 aliphatic carbocycles. The van der Waals surface area contributed by atoms with Gasteiger partial charge in [0, 0.05) is 0 Å². The van der Waals surface area contributed by atoms with Gasteiger partial charge in [0.2, 0.25) is 0 Å². The Morgan fingerprint density at radius 3 is 1.94 bits per heavy atom. The van der Waals surface area contributed by atoms with Gasteiger partial charge in [-0.2, -0.15) is 0 Å². The fourth-order valence-corrected chi connectivity index (χ4v) is 3.01. The minimum Gasteiger partial charge on any atom is -0.258 e. The lowest BCUT2D eigenvalue weighted by atomic mass is 10.1. The summed E-state index contributed by atoms with van der Waals surface area (Å²) in [5, 5.41) is 10.8. The third kappa shape index (κ3) is 2.56. The molecule has 0 spiro atoms. The molecule has 86 valence electrons. The number of hydrogen-bond acceptors (Lipinski definition) is 2. The van der Waals surface area contributed by atoms with Crippen molar-refractivity contribution in [3.8, 4) is 11.1 Å². The summed E-state index contributed by atoms with van der Waals surface area (Å²) in [6.07, 6.45) is 0. The average Bonchev–Trinajstić information content (AvgIpc) is 2.28. The lowest BCUT2D eigenvalue weighted by molar-refractivity contribution is -0.386. The highest BCUT2D eigenvalue weighted by Crippen LogP contribution is 2.37. The molecule has 0 aliphatic rings. The summed E-state index contributed by atoms with van der Waals surface area (Å²) >= 11 is 6.45. The Morgan fingerprint density at radius 2 is 1.47 bits per heavy atom. The van der Waals surface area contributed by atoms with Crippen LogP contribution in [0.4, 0.5) is 5.69 Å². The maximum Gasteiger partial charge on any atom is 0.297 e. The maximum absolute atomic E-state index is 10.8. The van der Waals surface area contributed by atoms with Crippen LogP contribution in [0.3, 0.4) is 0 Å². The average molecular weight is 357 g/mol. The standard InChI is InChI=1S/C12H7Br2NO2/c13-10-6-9(8-4-2-1-3-5-8)7-11(14)12(10)15(16)17/h1-7H. The van der Waals surface area contributed by atoms with Crippen LogP contribution in [-0.2, 0) is 0 Å². The van der Waals surface area contributed by atoms with Crippen LogP contribution in [0.5, 0.6) is 0 Å². The summed E-state index contributed by atoms with van der Waals surface area (Å²) in [6.45, 7) is 0. The van der Waals surface area contributed by atoms with Gasteiger partial charge in [-0.05, 0) is 55.1 Å². The van der Waals surface area contributed by atoms with Crippen LogP contribution in [-0.4, -0.2) is 4.92 Å². The topological polar surface area (TPSA) is 43.1 Å². The van der Waals surface area contributed by atoms with Gasteiger partial charge in [-0.1, -0.05) is 30.3 Å². The number of nitrogens with zero attached hydrogens (tertiary/aromatic N) is 1. The van der Waals surface area contributed by atoms with Gasteiger partial charge >= 0.3 is 0 Å². The molecule has 0 bridgehead atoms. The van der Waals surface area contributed by atoms with E-state index in [1.807, 2.05) is 30.3 Å². The van der Waals surface area contributed by atoms with E-state index in [1.54, 1.807) is 12.1 Å². The van der Waals surface area contributed by atoms with Crippen molar-refractivity contribution in [3.63, 3.8) is 0 Å². The summed E-state index contributed by atoms with van der Waals surface area (Å²) in [7, 11) is 0. The third-order valence-electron chi connectivity index (χ3n) is 2.31. The predicted molar refractivity (Wildman–Crippen MR) is 73.9 cm³/mol. The molecule has 0 fully saturated rings. The minimum atomic E-state index is -0.414. The van der Waals surface area contributed by atoms with E-state index in [4.69, 9.17) is 0 Å². The molecule has 0 unspecified atom stereocenters. The van der Waals surface area contributed by atoms with Crippen LogP contribution < -0.4 is 0 Å². The molecule has 0 aromatic heterocycles. The Bertz CT molecular complexity index is 547. The zero-order chi connectivity index (χ0) is 12.4. The van der Waals surface area contributed by atoms with E-state index in [2.05, 4.69) is 31.9 Å². The Kier molecular flexibility index (Phi) is 3.59. The summed E-state index contributed by atoms with van der Waals surface area (Å²) in [5.41, 5.74) is 1.99. The van der Waals surface area contributed by atoms with Crippen LogP contribution >= 0.6 is 31.9 Å². The van der Waals surface area contributed by atoms with Crippen molar-refractivity contribution >= 4 is 37.5 Å². The van der Waals surface area contributed by atoms with E-state index in [1.165, 1.54) is 0 Å². The molecular formula is C12H7Br2NO2. The highest BCUT2D eigenvalue weighted by Gasteiger charge is 2.18. The number of benzene rings is 2. The van der Waals surface area contributed by atoms with Crippen LogP contribution in [0.1, 0.15) is 0 Å². The van der Waals surface area contributed by atoms with E-state index in [9.17, 15) is 10.1 Å². The van der Waals surface area contributed by atoms with E-state index in [-0.39, 0.29) is 5.69 Å². The SMILES string of the molecule is O=[N+]([O-])c1c(Br)cc(-c2ccccc2)cc1Br. The Morgan fingerprint density at radius 1 is 0.941 bits per heavy atom. The number of nitro groups is 1. The molecule has 0 radical (unpaired) electrons. The monoisotopic (exact) mass is 355 g/mol. The first-order chi connectivity index (χ1) is 8.09. The first kappa shape index (κ1) is 12.3. The quantitative estimate of drug-likeness (QED) is 0.573. The van der Waals surface area contributed by atoms with Crippen molar-refractivity contribution in [2.24, 2.45) is 0 Å². The molecule has 2 rings (SSSR count). The highest BCUT2D eigenvalue weighted by atomic mass is 79.9. The number of rotatable bonds is 2. The van der Waals surface area contributed by atoms with E-state index in [0.29, 0.717) is 8.95 Å². The molecule has 2 aromatic rings. The van der Waals surface area contributed by atoms with Crippen LogP contribution in [0.25, 0.3) is 11.1 Å². The molecule has 3 nitrogen and oxygen atoms in total. The van der Waals surface area contributed by atoms with Gasteiger partial charge < -0.3 is 0 Å². The van der Waals surface area contributed by atoms with Gasteiger partial charge in [0.15, 0.2) is 0 Å². The highest BCUT2D eigenvalue weighted by molar-refractivity contribution is 9.11. The summed E-state index contributed by atoms with van der Waals surface area (Å²) in [4.78, 5) is 10.4. The van der Waals surface area contributed by atoms with E-state index in [0.717, 1.165) is 11.1 Å².